The van der Waals surface area contributed by atoms with Crippen molar-refractivity contribution in [2.45, 2.75) is 12.1 Å². The van der Waals surface area contributed by atoms with Crippen molar-refractivity contribution in [2.75, 3.05) is 11.9 Å². The van der Waals surface area contributed by atoms with E-state index in [0.717, 1.165) is 23.4 Å². The van der Waals surface area contributed by atoms with Crippen molar-refractivity contribution >= 4 is 40.3 Å². The molecule has 0 aliphatic carbocycles. The summed E-state index contributed by atoms with van der Waals surface area (Å²) in [5.41, 5.74) is 2.38. The molecule has 1 N–H and O–H groups in total. The molecule has 1 aliphatic rings. The first-order valence-electron chi connectivity index (χ1n) is 9.46. The standard InChI is InChI=1S/C23H17ClF3N3S/c24-18-10-12-19(13-11-18)28-22(31)30-14-20(15-4-2-1-3-5-15)21(29-30)16-6-8-17(9-7-16)23(25,26)27/h1-13,20H,14H2,(H,28,31). The molecule has 0 fully saturated rings. The minimum absolute atomic E-state index is 0.136. The highest BCUT2D eigenvalue weighted by atomic mass is 35.5. The predicted molar refractivity (Wildman–Crippen MR) is 122 cm³/mol. The molecule has 0 radical (unpaired) electrons. The van der Waals surface area contributed by atoms with Crippen molar-refractivity contribution in [1.29, 1.82) is 0 Å². The highest BCUT2D eigenvalue weighted by Crippen LogP contribution is 2.32. The van der Waals surface area contributed by atoms with E-state index in [1.165, 1.54) is 12.1 Å². The fraction of sp³-hybridized carbons (Fsp3) is 0.130. The van der Waals surface area contributed by atoms with Gasteiger partial charge in [0.1, 0.15) is 0 Å². The Morgan fingerprint density at radius 2 is 1.61 bits per heavy atom. The molecule has 0 spiro atoms. The van der Waals surface area contributed by atoms with Gasteiger partial charge in [0.2, 0.25) is 0 Å². The molecular weight excluding hydrogens is 443 g/mol. The van der Waals surface area contributed by atoms with Gasteiger partial charge >= 0.3 is 6.18 Å². The number of hydrazone groups is 1. The number of anilines is 1. The summed E-state index contributed by atoms with van der Waals surface area (Å²) in [6.45, 7) is 0.472. The number of thiocarbonyl (C=S) groups is 1. The predicted octanol–water partition coefficient (Wildman–Crippen LogP) is 6.56. The molecule has 0 amide bonds. The van der Waals surface area contributed by atoms with Gasteiger partial charge in [0, 0.05) is 16.6 Å². The van der Waals surface area contributed by atoms with Gasteiger partial charge in [-0.25, -0.2) is 5.01 Å². The van der Waals surface area contributed by atoms with Crippen molar-refractivity contribution in [3.8, 4) is 0 Å². The fourth-order valence-corrected chi connectivity index (χ4v) is 3.75. The molecule has 3 nitrogen and oxygen atoms in total. The molecule has 0 saturated heterocycles. The maximum atomic E-state index is 13.0. The number of nitrogens with zero attached hydrogens (tertiary/aromatic N) is 2. The van der Waals surface area contributed by atoms with Gasteiger partial charge in [-0.05, 0) is 59.7 Å². The van der Waals surface area contributed by atoms with Gasteiger partial charge in [-0.2, -0.15) is 18.3 Å². The second kappa shape index (κ2) is 8.69. The summed E-state index contributed by atoms with van der Waals surface area (Å²) in [6, 6.07) is 21.9. The third kappa shape index (κ3) is 4.89. The molecule has 1 heterocycles. The van der Waals surface area contributed by atoms with Gasteiger partial charge < -0.3 is 5.32 Å². The van der Waals surface area contributed by atoms with Crippen molar-refractivity contribution in [2.24, 2.45) is 5.10 Å². The molecular formula is C23H17ClF3N3S. The van der Waals surface area contributed by atoms with Crippen LogP contribution in [0.2, 0.25) is 5.02 Å². The molecule has 0 saturated carbocycles. The lowest BCUT2D eigenvalue weighted by Crippen LogP contribution is -2.29. The van der Waals surface area contributed by atoms with Crippen LogP contribution in [0.5, 0.6) is 0 Å². The smallest absolute Gasteiger partial charge is 0.331 e. The summed E-state index contributed by atoms with van der Waals surface area (Å²) in [5.74, 6) is -0.136. The Morgan fingerprint density at radius 1 is 0.968 bits per heavy atom. The van der Waals surface area contributed by atoms with Crippen LogP contribution in [0, 0.1) is 0 Å². The largest absolute Gasteiger partial charge is 0.416 e. The zero-order valence-electron chi connectivity index (χ0n) is 16.1. The maximum absolute atomic E-state index is 13.0. The van der Waals surface area contributed by atoms with Crippen molar-refractivity contribution in [3.05, 3.63) is 101 Å². The van der Waals surface area contributed by atoms with Crippen LogP contribution in [-0.4, -0.2) is 22.4 Å². The summed E-state index contributed by atoms with van der Waals surface area (Å²) >= 11 is 11.5. The molecule has 158 valence electrons. The number of alkyl halides is 3. The van der Waals surface area contributed by atoms with Gasteiger partial charge in [-0.15, -0.1) is 0 Å². The third-order valence-electron chi connectivity index (χ3n) is 4.95. The quantitative estimate of drug-likeness (QED) is 0.449. The van der Waals surface area contributed by atoms with Crippen molar-refractivity contribution < 1.29 is 13.2 Å². The molecule has 0 bridgehead atoms. The number of halogens is 4. The molecule has 31 heavy (non-hydrogen) atoms. The van der Waals surface area contributed by atoms with E-state index in [-0.39, 0.29) is 5.92 Å². The summed E-state index contributed by atoms with van der Waals surface area (Å²) in [6.07, 6.45) is -4.38. The Hall–Kier alpha value is -2.90. The molecule has 0 aromatic heterocycles. The van der Waals surface area contributed by atoms with E-state index in [4.69, 9.17) is 23.8 Å². The van der Waals surface area contributed by atoms with Crippen LogP contribution in [0.3, 0.4) is 0 Å². The normalized spacial score (nSPS) is 16.2. The first-order valence-corrected chi connectivity index (χ1v) is 10.2. The molecule has 1 aliphatic heterocycles. The minimum atomic E-state index is -4.38. The van der Waals surface area contributed by atoms with E-state index in [9.17, 15) is 13.2 Å². The monoisotopic (exact) mass is 459 g/mol. The average Bonchev–Trinajstić information content (AvgIpc) is 3.21. The highest BCUT2D eigenvalue weighted by molar-refractivity contribution is 7.80. The van der Waals surface area contributed by atoms with E-state index in [1.807, 2.05) is 30.3 Å². The Labute approximate surface area is 188 Å². The molecule has 8 heteroatoms. The van der Waals surface area contributed by atoms with E-state index >= 15 is 0 Å². The van der Waals surface area contributed by atoms with Gasteiger partial charge in [-0.1, -0.05) is 54.1 Å². The van der Waals surface area contributed by atoms with Crippen LogP contribution >= 0.6 is 23.8 Å². The summed E-state index contributed by atoms with van der Waals surface area (Å²) < 4.78 is 38.9. The molecule has 1 unspecified atom stereocenters. The van der Waals surface area contributed by atoms with Crippen molar-refractivity contribution in [1.82, 2.24) is 5.01 Å². The topological polar surface area (TPSA) is 27.6 Å². The van der Waals surface area contributed by atoms with E-state index in [0.29, 0.717) is 28.0 Å². The second-order valence-corrected chi connectivity index (χ2v) is 7.87. The van der Waals surface area contributed by atoms with Crippen LogP contribution in [0.4, 0.5) is 18.9 Å². The van der Waals surface area contributed by atoms with Crippen LogP contribution in [0.1, 0.15) is 22.6 Å². The lowest BCUT2D eigenvalue weighted by molar-refractivity contribution is -0.137. The summed E-state index contributed by atoms with van der Waals surface area (Å²) in [4.78, 5) is 0. The fourth-order valence-electron chi connectivity index (χ4n) is 3.39. The van der Waals surface area contributed by atoms with Gasteiger partial charge in [0.05, 0.1) is 17.8 Å². The van der Waals surface area contributed by atoms with Crippen LogP contribution in [-0.2, 0) is 6.18 Å². The lowest BCUT2D eigenvalue weighted by Gasteiger charge is -2.18. The van der Waals surface area contributed by atoms with Crippen LogP contribution < -0.4 is 5.32 Å². The van der Waals surface area contributed by atoms with Gasteiger partial charge in [0.15, 0.2) is 5.11 Å². The zero-order valence-corrected chi connectivity index (χ0v) is 17.7. The number of rotatable bonds is 3. The van der Waals surface area contributed by atoms with Crippen molar-refractivity contribution in [3.63, 3.8) is 0 Å². The summed E-state index contributed by atoms with van der Waals surface area (Å²) in [7, 11) is 0. The average molecular weight is 460 g/mol. The molecule has 4 rings (SSSR count). The van der Waals surface area contributed by atoms with E-state index < -0.39 is 11.7 Å². The number of nitrogens with one attached hydrogen (secondary N) is 1. The molecule has 1 atom stereocenters. The summed E-state index contributed by atoms with van der Waals surface area (Å²) in [5, 5.41) is 10.5. The highest BCUT2D eigenvalue weighted by Gasteiger charge is 2.33. The van der Waals surface area contributed by atoms with Crippen LogP contribution in [0.15, 0.2) is 84.0 Å². The Kier molecular flexibility index (Phi) is 5.98. The Balaban J connectivity index is 1.63. The lowest BCUT2D eigenvalue weighted by atomic mass is 9.90. The first kappa shape index (κ1) is 21.3. The number of benzene rings is 3. The molecule has 3 aromatic carbocycles. The third-order valence-corrected chi connectivity index (χ3v) is 5.52. The zero-order chi connectivity index (χ0) is 22.0. The Morgan fingerprint density at radius 3 is 2.23 bits per heavy atom. The first-order chi connectivity index (χ1) is 14.8. The number of hydrogen-bond donors (Lipinski definition) is 1. The van der Waals surface area contributed by atoms with Gasteiger partial charge in [-0.3, -0.25) is 0 Å². The number of hydrogen-bond acceptors (Lipinski definition) is 2. The Bertz CT molecular complexity index is 1100. The second-order valence-electron chi connectivity index (χ2n) is 7.04. The van der Waals surface area contributed by atoms with E-state index in [2.05, 4.69) is 10.4 Å². The van der Waals surface area contributed by atoms with Gasteiger partial charge in [0.25, 0.3) is 0 Å². The van der Waals surface area contributed by atoms with Crippen LogP contribution in [0.25, 0.3) is 0 Å². The minimum Gasteiger partial charge on any atom is -0.331 e. The SMILES string of the molecule is FC(F)(F)c1ccc(C2=NN(C(=S)Nc3ccc(Cl)cc3)CC2c2ccccc2)cc1. The molecule has 3 aromatic rings. The maximum Gasteiger partial charge on any atom is 0.416 e. The van der Waals surface area contributed by atoms with E-state index in [1.54, 1.807) is 29.3 Å².